The zero-order valence-corrected chi connectivity index (χ0v) is 11.6. The molecule has 1 aliphatic rings. The standard InChI is InChI=1S/C14H21ClN2/c1-11-5-6-12(15)9-13(11)17-8-4-7-14(2,10-17)16-3/h5-6,9,16H,4,7-8,10H2,1-3H3. The first kappa shape index (κ1) is 12.7. The predicted octanol–water partition coefficient (Wildman–Crippen LogP) is 3.23. The molecule has 0 radical (unpaired) electrons. The molecule has 1 saturated heterocycles. The second-order valence-corrected chi connectivity index (χ2v) is 5.70. The lowest BCUT2D eigenvalue weighted by atomic mass is 9.90. The maximum absolute atomic E-state index is 6.10. The monoisotopic (exact) mass is 252 g/mol. The van der Waals surface area contributed by atoms with E-state index in [1.165, 1.54) is 24.1 Å². The van der Waals surface area contributed by atoms with Crippen molar-refractivity contribution in [1.82, 2.24) is 5.32 Å². The Morgan fingerprint density at radius 2 is 2.18 bits per heavy atom. The third kappa shape index (κ3) is 2.75. The molecule has 3 heteroatoms. The van der Waals surface area contributed by atoms with Crippen molar-refractivity contribution in [3.8, 4) is 0 Å². The van der Waals surface area contributed by atoms with E-state index in [1.54, 1.807) is 0 Å². The van der Waals surface area contributed by atoms with E-state index in [9.17, 15) is 0 Å². The van der Waals surface area contributed by atoms with Gasteiger partial charge in [0.15, 0.2) is 0 Å². The third-order valence-corrected chi connectivity index (χ3v) is 4.05. The summed E-state index contributed by atoms with van der Waals surface area (Å²) >= 11 is 6.10. The van der Waals surface area contributed by atoms with Crippen molar-refractivity contribution in [1.29, 1.82) is 0 Å². The number of rotatable bonds is 2. The molecule has 0 aliphatic carbocycles. The average molecular weight is 253 g/mol. The largest absolute Gasteiger partial charge is 0.369 e. The minimum absolute atomic E-state index is 0.215. The first-order chi connectivity index (χ1) is 8.04. The number of likely N-dealkylation sites (N-methyl/N-ethyl adjacent to an activating group) is 1. The van der Waals surface area contributed by atoms with Crippen LogP contribution in [0.15, 0.2) is 18.2 Å². The molecule has 1 atom stereocenters. The highest BCUT2D eigenvalue weighted by atomic mass is 35.5. The number of benzene rings is 1. The Labute approximate surface area is 109 Å². The highest BCUT2D eigenvalue weighted by Gasteiger charge is 2.29. The second kappa shape index (κ2) is 4.87. The van der Waals surface area contributed by atoms with Crippen molar-refractivity contribution in [2.75, 3.05) is 25.0 Å². The van der Waals surface area contributed by atoms with Crippen LogP contribution >= 0.6 is 11.6 Å². The average Bonchev–Trinajstić information content (AvgIpc) is 2.32. The van der Waals surface area contributed by atoms with Gasteiger partial charge < -0.3 is 10.2 Å². The van der Waals surface area contributed by atoms with Crippen LogP contribution in [0.5, 0.6) is 0 Å². The van der Waals surface area contributed by atoms with Crippen molar-refractivity contribution < 1.29 is 0 Å². The van der Waals surface area contributed by atoms with Gasteiger partial charge in [0.2, 0.25) is 0 Å². The van der Waals surface area contributed by atoms with Gasteiger partial charge in [-0.25, -0.2) is 0 Å². The molecule has 1 fully saturated rings. The van der Waals surface area contributed by atoms with Crippen LogP contribution in [-0.4, -0.2) is 25.7 Å². The number of hydrogen-bond donors (Lipinski definition) is 1. The molecule has 17 heavy (non-hydrogen) atoms. The Balaban J connectivity index is 2.24. The summed E-state index contributed by atoms with van der Waals surface area (Å²) in [6.07, 6.45) is 2.46. The van der Waals surface area contributed by atoms with Crippen LogP contribution in [0.4, 0.5) is 5.69 Å². The molecular formula is C14H21ClN2. The number of nitrogens with one attached hydrogen (secondary N) is 1. The lowest BCUT2D eigenvalue weighted by Gasteiger charge is -2.42. The number of piperidine rings is 1. The minimum Gasteiger partial charge on any atom is -0.369 e. The zero-order chi connectivity index (χ0) is 12.5. The molecule has 1 N–H and O–H groups in total. The van der Waals surface area contributed by atoms with E-state index in [2.05, 4.69) is 36.2 Å². The molecule has 0 saturated carbocycles. The summed E-state index contributed by atoms with van der Waals surface area (Å²) in [5.74, 6) is 0. The lowest BCUT2D eigenvalue weighted by molar-refractivity contribution is 0.316. The predicted molar refractivity (Wildman–Crippen MR) is 75.1 cm³/mol. The molecular weight excluding hydrogens is 232 g/mol. The molecule has 1 heterocycles. The second-order valence-electron chi connectivity index (χ2n) is 5.27. The third-order valence-electron chi connectivity index (χ3n) is 3.81. The Hall–Kier alpha value is -0.730. The van der Waals surface area contributed by atoms with Crippen LogP contribution in [0.25, 0.3) is 0 Å². The van der Waals surface area contributed by atoms with E-state index in [4.69, 9.17) is 11.6 Å². The summed E-state index contributed by atoms with van der Waals surface area (Å²) in [6.45, 7) is 6.61. The maximum Gasteiger partial charge on any atom is 0.0426 e. The van der Waals surface area contributed by atoms with Crippen molar-refractivity contribution >= 4 is 17.3 Å². The molecule has 0 spiro atoms. The van der Waals surface area contributed by atoms with Gasteiger partial charge >= 0.3 is 0 Å². The minimum atomic E-state index is 0.215. The first-order valence-corrected chi connectivity index (χ1v) is 6.62. The summed E-state index contributed by atoms with van der Waals surface area (Å²) in [5.41, 5.74) is 2.79. The summed E-state index contributed by atoms with van der Waals surface area (Å²) in [6, 6.07) is 6.14. The van der Waals surface area contributed by atoms with Gasteiger partial charge in [0.05, 0.1) is 0 Å². The molecule has 1 aliphatic heterocycles. The summed E-state index contributed by atoms with van der Waals surface area (Å²) < 4.78 is 0. The highest BCUT2D eigenvalue weighted by Crippen LogP contribution is 2.29. The van der Waals surface area contributed by atoms with E-state index >= 15 is 0 Å². The number of aryl methyl sites for hydroxylation is 1. The number of hydrogen-bond acceptors (Lipinski definition) is 2. The van der Waals surface area contributed by atoms with Gasteiger partial charge in [-0.3, -0.25) is 0 Å². The molecule has 0 bridgehead atoms. The lowest BCUT2D eigenvalue weighted by Crippen LogP contribution is -2.54. The molecule has 2 nitrogen and oxygen atoms in total. The van der Waals surface area contributed by atoms with Gasteiger partial charge in [0, 0.05) is 29.3 Å². The van der Waals surface area contributed by atoms with Crippen molar-refractivity contribution in [3.63, 3.8) is 0 Å². The van der Waals surface area contributed by atoms with Crippen molar-refractivity contribution in [2.45, 2.75) is 32.2 Å². The van der Waals surface area contributed by atoms with Crippen LogP contribution in [0.2, 0.25) is 5.02 Å². The summed E-state index contributed by atoms with van der Waals surface area (Å²) in [4.78, 5) is 2.45. The van der Waals surface area contributed by atoms with Gasteiger partial charge in [-0.2, -0.15) is 0 Å². The normalized spacial score (nSPS) is 25.1. The van der Waals surface area contributed by atoms with Gasteiger partial charge in [0.1, 0.15) is 0 Å². The van der Waals surface area contributed by atoms with Crippen LogP contribution < -0.4 is 10.2 Å². The molecule has 1 aromatic carbocycles. The smallest absolute Gasteiger partial charge is 0.0426 e. The van der Waals surface area contributed by atoms with E-state index in [0.29, 0.717) is 0 Å². The van der Waals surface area contributed by atoms with Crippen molar-refractivity contribution in [3.05, 3.63) is 28.8 Å². The van der Waals surface area contributed by atoms with Crippen molar-refractivity contribution in [2.24, 2.45) is 0 Å². The van der Waals surface area contributed by atoms with E-state index in [1.807, 2.05) is 13.1 Å². The number of anilines is 1. The first-order valence-electron chi connectivity index (χ1n) is 6.24. The van der Waals surface area contributed by atoms with E-state index in [-0.39, 0.29) is 5.54 Å². The van der Waals surface area contributed by atoms with Gasteiger partial charge in [-0.05, 0) is 51.4 Å². The fourth-order valence-corrected chi connectivity index (χ4v) is 2.74. The quantitative estimate of drug-likeness (QED) is 0.870. The number of halogens is 1. The SMILES string of the molecule is CNC1(C)CCCN(c2cc(Cl)ccc2C)C1. The highest BCUT2D eigenvalue weighted by molar-refractivity contribution is 6.30. The van der Waals surface area contributed by atoms with Crippen LogP contribution in [-0.2, 0) is 0 Å². The van der Waals surface area contributed by atoms with E-state index < -0.39 is 0 Å². The van der Waals surface area contributed by atoms with Crippen LogP contribution in [0.3, 0.4) is 0 Å². The molecule has 2 rings (SSSR count). The Bertz CT molecular complexity index is 405. The molecule has 94 valence electrons. The van der Waals surface area contributed by atoms with E-state index in [0.717, 1.165) is 18.1 Å². The van der Waals surface area contributed by atoms with Crippen LogP contribution in [0, 0.1) is 6.92 Å². The molecule has 1 aromatic rings. The molecule has 0 amide bonds. The van der Waals surface area contributed by atoms with Gasteiger partial charge in [0.25, 0.3) is 0 Å². The number of nitrogens with zero attached hydrogens (tertiary/aromatic N) is 1. The summed E-state index contributed by atoms with van der Waals surface area (Å²) in [7, 11) is 2.05. The molecule has 0 aromatic heterocycles. The summed E-state index contributed by atoms with van der Waals surface area (Å²) in [5, 5.41) is 4.26. The van der Waals surface area contributed by atoms with Gasteiger partial charge in [-0.15, -0.1) is 0 Å². The van der Waals surface area contributed by atoms with Crippen LogP contribution in [0.1, 0.15) is 25.3 Å². The van der Waals surface area contributed by atoms with Gasteiger partial charge in [-0.1, -0.05) is 17.7 Å². The molecule has 1 unspecified atom stereocenters. The Morgan fingerprint density at radius 1 is 1.41 bits per heavy atom. The maximum atomic E-state index is 6.10. The topological polar surface area (TPSA) is 15.3 Å². The fourth-order valence-electron chi connectivity index (χ4n) is 2.57. The fraction of sp³-hybridized carbons (Fsp3) is 0.571. The Kier molecular flexibility index (Phi) is 3.64. The Morgan fingerprint density at radius 3 is 2.88 bits per heavy atom. The zero-order valence-electron chi connectivity index (χ0n) is 10.9.